The van der Waals surface area contributed by atoms with Crippen LogP contribution in [0.3, 0.4) is 0 Å². The number of nitrogens with one attached hydrogen (secondary N) is 1. The molecule has 4 nitrogen and oxygen atoms in total. The van der Waals surface area contributed by atoms with Gasteiger partial charge in [-0.15, -0.1) is 11.3 Å². The lowest BCUT2D eigenvalue weighted by Gasteiger charge is -2.16. The molecular weight excluding hydrogens is 260 g/mol. The number of pyridine rings is 1. The Hall–Kier alpha value is -1.62. The maximum atomic E-state index is 11.2. The first-order valence-corrected chi connectivity index (χ1v) is 7.24. The summed E-state index contributed by atoms with van der Waals surface area (Å²) in [4.78, 5) is 15.5. The number of aliphatic carboxylic acids is 1. The van der Waals surface area contributed by atoms with Crippen LogP contribution in [-0.2, 0) is 4.79 Å². The molecule has 2 N–H and O–H groups in total. The van der Waals surface area contributed by atoms with Gasteiger partial charge in [0.25, 0.3) is 0 Å². The molecule has 5 heteroatoms. The number of anilines is 1. The molecule has 19 heavy (non-hydrogen) atoms. The first kappa shape index (κ1) is 13.8. The Balaban J connectivity index is 2.08. The van der Waals surface area contributed by atoms with Gasteiger partial charge >= 0.3 is 5.97 Å². The van der Waals surface area contributed by atoms with Crippen molar-refractivity contribution in [3.8, 4) is 0 Å². The normalized spacial score (nSPS) is 12.8. The van der Waals surface area contributed by atoms with Crippen LogP contribution in [0.4, 0.5) is 5.82 Å². The van der Waals surface area contributed by atoms with Gasteiger partial charge < -0.3 is 10.4 Å². The van der Waals surface area contributed by atoms with E-state index in [2.05, 4.69) is 10.3 Å². The van der Waals surface area contributed by atoms with Crippen LogP contribution in [0.15, 0.2) is 23.7 Å². The van der Waals surface area contributed by atoms with E-state index in [-0.39, 0.29) is 5.92 Å². The average molecular weight is 278 g/mol. The fraction of sp³-hybridized carbons (Fsp3) is 0.429. The van der Waals surface area contributed by atoms with Crippen molar-refractivity contribution >= 4 is 33.2 Å². The smallest absolute Gasteiger partial charge is 0.308 e. The summed E-state index contributed by atoms with van der Waals surface area (Å²) in [7, 11) is 0. The lowest BCUT2D eigenvalue weighted by molar-refractivity contribution is -0.141. The van der Waals surface area contributed by atoms with Gasteiger partial charge in [0.2, 0.25) is 0 Å². The summed E-state index contributed by atoms with van der Waals surface area (Å²) < 4.78 is 1.16. The minimum absolute atomic E-state index is 0.368. The Bertz CT molecular complexity index is 565. The zero-order valence-electron chi connectivity index (χ0n) is 11.1. The summed E-state index contributed by atoms with van der Waals surface area (Å²) in [6.07, 6.45) is 2.42. The fourth-order valence-corrected chi connectivity index (χ4v) is 2.88. The summed E-state index contributed by atoms with van der Waals surface area (Å²) in [5.41, 5.74) is 0. The van der Waals surface area contributed by atoms with Crippen molar-refractivity contribution in [1.29, 1.82) is 0 Å². The molecule has 2 aromatic heterocycles. The number of hydrogen-bond acceptors (Lipinski definition) is 4. The van der Waals surface area contributed by atoms with Gasteiger partial charge in [0.15, 0.2) is 0 Å². The third-order valence-electron chi connectivity index (χ3n) is 3.00. The molecule has 102 valence electrons. The van der Waals surface area contributed by atoms with Crippen LogP contribution in [0.5, 0.6) is 0 Å². The Kier molecular flexibility index (Phi) is 4.37. The number of hydrogen-bond donors (Lipinski definition) is 2. The lowest BCUT2D eigenvalue weighted by atomic mass is 9.97. The highest BCUT2D eigenvalue weighted by molar-refractivity contribution is 7.17. The number of aromatic nitrogens is 1. The zero-order valence-corrected chi connectivity index (χ0v) is 11.9. The van der Waals surface area contributed by atoms with E-state index in [1.54, 1.807) is 17.5 Å². The molecule has 0 fully saturated rings. The van der Waals surface area contributed by atoms with Gasteiger partial charge in [0.05, 0.1) is 5.92 Å². The predicted molar refractivity (Wildman–Crippen MR) is 78.7 cm³/mol. The number of rotatable bonds is 6. The quantitative estimate of drug-likeness (QED) is 0.849. The van der Waals surface area contributed by atoms with Gasteiger partial charge in [-0.3, -0.25) is 4.79 Å². The molecule has 0 saturated carbocycles. The molecule has 0 aliphatic carbocycles. The summed E-state index contributed by atoms with van der Waals surface area (Å²) in [6, 6.07) is 3.97. The molecule has 0 saturated heterocycles. The first-order valence-electron chi connectivity index (χ1n) is 6.37. The molecule has 0 spiro atoms. The molecule has 0 aliphatic heterocycles. The highest BCUT2D eigenvalue weighted by Gasteiger charge is 2.19. The summed E-state index contributed by atoms with van der Waals surface area (Å²) in [5.74, 6) is 0.0101. The van der Waals surface area contributed by atoms with Gasteiger partial charge in [0.1, 0.15) is 5.82 Å². The highest BCUT2D eigenvalue weighted by atomic mass is 32.1. The standard InChI is InChI=1S/C14H18N2O2S/c1-9(2)7-10(14(17)18)8-16-13-11-4-6-19-12(11)3-5-15-13/h3-6,9-10H,7-8H2,1-2H3,(H,15,16)(H,17,18). The van der Waals surface area contributed by atoms with Crippen molar-refractivity contribution in [1.82, 2.24) is 4.98 Å². The van der Waals surface area contributed by atoms with Gasteiger partial charge in [0, 0.05) is 22.8 Å². The van der Waals surface area contributed by atoms with Crippen molar-refractivity contribution in [3.63, 3.8) is 0 Å². The van der Waals surface area contributed by atoms with E-state index in [4.69, 9.17) is 0 Å². The molecule has 0 radical (unpaired) electrons. The highest BCUT2D eigenvalue weighted by Crippen LogP contribution is 2.26. The first-order chi connectivity index (χ1) is 9.08. The van der Waals surface area contributed by atoms with E-state index < -0.39 is 5.97 Å². The second-order valence-electron chi connectivity index (χ2n) is 5.04. The summed E-state index contributed by atoms with van der Waals surface area (Å²) in [6.45, 7) is 4.48. The van der Waals surface area contributed by atoms with E-state index in [1.807, 2.05) is 31.4 Å². The minimum atomic E-state index is -0.751. The zero-order chi connectivity index (χ0) is 13.8. The van der Waals surface area contributed by atoms with Crippen molar-refractivity contribution in [2.75, 3.05) is 11.9 Å². The van der Waals surface area contributed by atoms with Crippen LogP contribution in [0.1, 0.15) is 20.3 Å². The predicted octanol–water partition coefficient (Wildman–Crippen LogP) is 3.46. The van der Waals surface area contributed by atoms with Gasteiger partial charge in [-0.2, -0.15) is 0 Å². The van der Waals surface area contributed by atoms with Gasteiger partial charge in [-0.25, -0.2) is 4.98 Å². The van der Waals surface area contributed by atoms with Crippen LogP contribution < -0.4 is 5.32 Å². The molecule has 2 aromatic rings. The molecule has 0 aromatic carbocycles. The van der Waals surface area contributed by atoms with Crippen molar-refractivity contribution < 1.29 is 9.90 Å². The van der Waals surface area contributed by atoms with E-state index in [0.717, 1.165) is 15.9 Å². The Morgan fingerprint density at radius 1 is 1.47 bits per heavy atom. The van der Waals surface area contributed by atoms with Gasteiger partial charge in [-0.1, -0.05) is 13.8 Å². The van der Waals surface area contributed by atoms with E-state index >= 15 is 0 Å². The third-order valence-corrected chi connectivity index (χ3v) is 3.88. The number of fused-ring (bicyclic) bond motifs is 1. The Morgan fingerprint density at radius 2 is 2.26 bits per heavy atom. The Morgan fingerprint density at radius 3 is 2.95 bits per heavy atom. The molecule has 0 amide bonds. The van der Waals surface area contributed by atoms with Crippen LogP contribution in [0, 0.1) is 11.8 Å². The largest absolute Gasteiger partial charge is 0.481 e. The van der Waals surface area contributed by atoms with Crippen molar-refractivity contribution in [2.45, 2.75) is 20.3 Å². The average Bonchev–Trinajstić information content (AvgIpc) is 2.82. The maximum Gasteiger partial charge on any atom is 0.308 e. The van der Waals surface area contributed by atoms with Gasteiger partial charge in [-0.05, 0) is 29.9 Å². The number of nitrogens with zero attached hydrogens (tertiary/aromatic N) is 1. The van der Waals surface area contributed by atoms with Crippen molar-refractivity contribution in [3.05, 3.63) is 23.7 Å². The molecule has 1 atom stereocenters. The van der Waals surface area contributed by atoms with Crippen LogP contribution in [0.2, 0.25) is 0 Å². The number of thiophene rings is 1. The second kappa shape index (κ2) is 6.02. The maximum absolute atomic E-state index is 11.2. The number of carboxylic acid groups (broad SMARTS) is 1. The van der Waals surface area contributed by atoms with Crippen LogP contribution in [-0.4, -0.2) is 22.6 Å². The summed E-state index contributed by atoms with van der Waals surface area (Å²) >= 11 is 1.66. The monoisotopic (exact) mass is 278 g/mol. The summed E-state index contributed by atoms with van der Waals surface area (Å²) in [5, 5.41) is 15.5. The molecule has 0 bridgehead atoms. The molecule has 2 rings (SSSR count). The van der Waals surface area contributed by atoms with E-state index in [1.165, 1.54) is 0 Å². The topological polar surface area (TPSA) is 62.2 Å². The number of carboxylic acids is 1. The third kappa shape index (κ3) is 3.44. The molecule has 2 heterocycles. The Labute approximate surface area is 116 Å². The second-order valence-corrected chi connectivity index (χ2v) is 5.99. The van der Waals surface area contributed by atoms with Crippen LogP contribution >= 0.6 is 11.3 Å². The number of carbonyl (C=O) groups is 1. The lowest BCUT2D eigenvalue weighted by Crippen LogP contribution is -2.24. The SMILES string of the molecule is CC(C)CC(CNc1nccc2sccc12)C(=O)O. The molecule has 1 unspecified atom stereocenters. The minimum Gasteiger partial charge on any atom is -0.481 e. The molecular formula is C14H18N2O2S. The van der Waals surface area contributed by atoms with Crippen molar-refractivity contribution in [2.24, 2.45) is 11.8 Å². The fourth-order valence-electron chi connectivity index (χ4n) is 2.10. The van der Waals surface area contributed by atoms with E-state index in [0.29, 0.717) is 18.9 Å². The molecule has 0 aliphatic rings. The van der Waals surface area contributed by atoms with E-state index in [9.17, 15) is 9.90 Å². The van der Waals surface area contributed by atoms with Crippen LogP contribution in [0.25, 0.3) is 10.1 Å².